The van der Waals surface area contributed by atoms with E-state index in [4.69, 9.17) is 11.6 Å². The van der Waals surface area contributed by atoms with Crippen LogP contribution in [0.5, 0.6) is 0 Å². The molecule has 1 aromatic rings. The van der Waals surface area contributed by atoms with Gasteiger partial charge in [-0.25, -0.2) is 4.39 Å². The summed E-state index contributed by atoms with van der Waals surface area (Å²) >= 11 is 5.59. The number of nitrogens with one attached hydrogen (secondary N) is 2. The minimum absolute atomic E-state index is 0.0296. The first-order valence-electron chi connectivity index (χ1n) is 6.63. The van der Waals surface area contributed by atoms with Crippen molar-refractivity contribution in [1.29, 1.82) is 0 Å². The van der Waals surface area contributed by atoms with Crippen LogP contribution in [0.2, 0.25) is 5.02 Å². The van der Waals surface area contributed by atoms with Gasteiger partial charge >= 0.3 is 0 Å². The number of halogens is 2. The van der Waals surface area contributed by atoms with Crippen molar-refractivity contribution in [3.05, 3.63) is 34.6 Å². The summed E-state index contributed by atoms with van der Waals surface area (Å²) in [6.45, 7) is 1.57. The molecule has 1 fully saturated rings. The molecule has 3 nitrogen and oxygen atoms in total. The van der Waals surface area contributed by atoms with Crippen LogP contribution in [0.4, 0.5) is 4.39 Å². The summed E-state index contributed by atoms with van der Waals surface area (Å²) in [5.41, 5.74) is 0.301. The maximum Gasteiger partial charge on any atom is 0.251 e. The molecule has 104 valence electrons. The molecular weight excluding hydrogens is 267 g/mol. The Hall–Kier alpha value is -1.13. The Kier molecular flexibility index (Phi) is 5.16. The second-order valence-corrected chi connectivity index (χ2v) is 5.25. The van der Waals surface area contributed by atoms with Crippen molar-refractivity contribution in [2.24, 2.45) is 0 Å². The number of carbonyl (C=O) groups is 1. The van der Waals surface area contributed by atoms with E-state index < -0.39 is 5.82 Å². The van der Waals surface area contributed by atoms with Crippen LogP contribution >= 0.6 is 11.6 Å². The smallest absolute Gasteiger partial charge is 0.251 e. The fourth-order valence-corrected chi connectivity index (χ4v) is 2.35. The molecule has 2 N–H and O–H groups in total. The van der Waals surface area contributed by atoms with Crippen molar-refractivity contribution in [2.75, 3.05) is 13.1 Å². The lowest BCUT2D eigenvalue weighted by atomic mass is 10.1. The van der Waals surface area contributed by atoms with Gasteiger partial charge in [-0.15, -0.1) is 0 Å². The number of hydrogen-bond acceptors (Lipinski definition) is 2. The van der Waals surface area contributed by atoms with Gasteiger partial charge in [-0.05, 0) is 37.6 Å². The molecule has 1 saturated heterocycles. The summed E-state index contributed by atoms with van der Waals surface area (Å²) in [6.07, 6.45) is 4.67. The van der Waals surface area contributed by atoms with E-state index in [1.165, 1.54) is 31.4 Å². The second-order valence-electron chi connectivity index (χ2n) is 4.84. The summed E-state index contributed by atoms with van der Waals surface area (Å²) in [4.78, 5) is 11.9. The Morgan fingerprint density at radius 1 is 1.42 bits per heavy atom. The van der Waals surface area contributed by atoms with E-state index in [0.717, 1.165) is 19.0 Å². The zero-order chi connectivity index (χ0) is 13.7. The van der Waals surface area contributed by atoms with Crippen molar-refractivity contribution in [2.45, 2.75) is 31.7 Å². The average Bonchev–Trinajstić information content (AvgIpc) is 2.67. The first-order valence-corrected chi connectivity index (χ1v) is 7.01. The van der Waals surface area contributed by atoms with Crippen LogP contribution in [0.3, 0.4) is 0 Å². The van der Waals surface area contributed by atoms with Crippen molar-refractivity contribution in [3.8, 4) is 0 Å². The predicted molar refractivity (Wildman–Crippen MR) is 74.0 cm³/mol. The average molecular weight is 285 g/mol. The number of hydrogen-bond donors (Lipinski definition) is 2. The molecule has 0 aromatic heterocycles. The van der Waals surface area contributed by atoms with E-state index >= 15 is 0 Å². The van der Waals surface area contributed by atoms with E-state index in [1.807, 2.05) is 0 Å². The molecule has 19 heavy (non-hydrogen) atoms. The minimum atomic E-state index is -0.568. The molecule has 5 heteroatoms. The van der Waals surface area contributed by atoms with Crippen LogP contribution in [-0.2, 0) is 0 Å². The van der Waals surface area contributed by atoms with Crippen LogP contribution < -0.4 is 10.6 Å². The van der Waals surface area contributed by atoms with Gasteiger partial charge < -0.3 is 10.6 Å². The molecular formula is C14H18ClFN2O. The number of amides is 1. The molecule has 0 radical (unpaired) electrons. The number of carbonyl (C=O) groups excluding carboxylic acids is 1. The molecule has 0 aliphatic carbocycles. The molecule has 0 spiro atoms. The van der Waals surface area contributed by atoms with Gasteiger partial charge in [0.1, 0.15) is 5.82 Å². The van der Waals surface area contributed by atoms with Crippen LogP contribution in [0, 0.1) is 5.82 Å². The predicted octanol–water partition coefficient (Wildman–Crippen LogP) is 2.74. The largest absolute Gasteiger partial charge is 0.350 e. The molecule has 1 aliphatic heterocycles. The van der Waals surface area contributed by atoms with Gasteiger partial charge in [-0.2, -0.15) is 0 Å². The molecule has 0 saturated carbocycles. The van der Waals surface area contributed by atoms with Gasteiger partial charge in [0.2, 0.25) is 0 Å². The van der Waals surface area contributed by atoms with Crippen molar-refractivity contribution in [3.63, 3.8) is 0 Å². The molecule has 1 unspecified atom stereocenters. The molecule has 2 rings (SSSR count). The first kappa shape index (κ1) is 14.3. The molecule has 1 aromatic carbocycles. The van der Waals surface area contributed by atoms with E-state index in [1.54, 1.807) is 0 Å². The Labute approximate surface area is 117 Å². The van der Waals surface area contributed by atoms with Crippen LogP contribution in [-0.4, -0.2) is 25.0 Å². The summed E-state index contributed by atoms with van der Waals surface area (Å²) in [6, 6.07) is 4.40. The van der Waals surface area contributed by atoms with Crippen LogP contribution in [0.1, 0.15) is 36.0 Å². The Balaban J connectivity index is 1.87. The maximum absolute atomic E-state index is 13.3. The highest BCUT2D eigenvalue weighted by molar-refractivity contribution is 6.30. The standard InChI is InChI=1S/C14H18ClFN2O/c15-12-6-5-10(8-13(12)16)14(19)18-9-11-4-2-1-3-7-17-11/h5-6,8,11,17H,1-4,7,9H2,(H,18,19). The quantitative estimate of drug-likeness (QED) is 0.896. The first-order chi connectivity index (χ1) is 9.16. The topological polar surface area (TPSA) is 41.1 Å². The summed E-state index contributed by atoms with van der Waals surface area (Å²) in [5.74, 6) is -0.830. The van der Waals surface area contributed by atoms with Crippen LogP contribution in [0.25, 0.3) is 0 Å². The van der Waals surface area contributed by atoms with Gasteiger partial charge in [-0.3, -0.25) is 4.79 Å². The Morgan fingerprint density at radius 2 is 2.26 bits per heavy atom. The third kappa shape index (κ3) is 4.18. The molecule has 1 atom stereocenters. The lowest BCUT2D eigenvalue weighted by Crippen LogP contribution is -2.40. The van der Waals surface area contributed by atoms with Crippen molar-refractivity contribution < 1.29 is 9.18 Å². The van der Waals surface area contributed by atoms with Gasteiger partial charge in [0, 0.05) is 18.2 Å². The maximum atomic E-state index is 13.3. The normalized spacial score (nSPS) is 19.8. The van der Waals surface area contributed by atoms with E-state index in [-0.39, 0.29) is 10.9 Å². The third-order valence-electron chi connectivity index (χ3n) is 3.35. The van der Waals surface area contributed by atoms with Crippen LogP contribution in [0.15, 0.2) is 18.2 Å². The second kappa shape index (κ2) is 6.87. The van der Waals surface area contributed by atoms with Crippen molar-refractivity contribution in [1.82, 2.24) is 10.6 Å². The highest BCUT2D eigenvalue weighted by Crippen LogP contribution is 2.15. The third-order valence-corrected chi connectivity index (χ3v) is 3.66. The SMILES string of the molecule is O=C(NCC1CCCCCN1)c1ccc(Cl)c(F)c1. The van der Waals surface area contributed by atoms with Gasteiger partial charge in [0.15, 0.2) is 0 Å². The Morgan fingerprint density at radius 3 is 3.05 bits per heavy atom. The fourth-order valence-electron chi connectivity index (χ4n) is 2.23. The fraction of sp³-hybridized carbons (Fsp3) is 0.500. The molecule has 1 amide bonds. The van der Waals surface area contributed by atoms with E-state index in [9.17, 15) is 9.18 Å². The van der Waals surface area contributed by atoms with E-state index in [2.05, 4.69) is 10.6 Å². The zero-order valence-corrected chi connectivity index (χ0v) is 11.5. The number of rotatable bonds is 3. The summed E-state index contributed by atoms with van der Waals surface area (Å²) in [7, 11) is 0. The van der Waals surface area contributed by atoms with Crippen molar-refractivity contribution >= 4 is 17.5 Å². The lowest BCUT2D eigenvalue weighted by molar-refractivity contribution is 0.0948. The van der Waals surface area contributed by atoms with Gasteiger partial charge in [0.25, 0.3) is 5.91 Å². The van der Waals surface area contributed by atoms with Gasteiger partial charge in [-0.1, -0.05) is 24.4 Å². The lowest BCUT2D eigenvalue weighted by Gasteiger charge is -2.16. The summed E-state index contributed by atoms with van der Waals surface area (Å²) < 4.78 is 13.3. The summed E-state index contributed by atoms with van der Waals surface area (Å²) in [5, 5.41) is 6.26. The zero-order valence-electron chi connectivity index (χ0n) is 10.7. The molecule has 1 heterocycles. The van der Waals surface area contributed by atoms with E-state index in [0.29, 0.717) is 18.2 Å². The highest BCUT2D eigenvalue weighted by Gasteiger charge is 2.14. The number of benzene rings is 1. The Bertz CT molecular complexity index is 445. The minimum Gasteiger partial charge on any atom is -0.350 e. The monoisotopic (exact) mass is 284 g/mol. The molecule has 0 bridgehead atoms. The highest BCUT2D eigenvalue weighted by atomic mass is 35.5. The molecule has 1 aliphatic rings. The van der Waals surface area contributed by atoms with Gasteiger partial charge in [0.05, 0.1) is 5.02 Å².